The van der Waals surface area contributed by atoms with Gasteiger partial charge in [-0.1, -0.05) is 23.8 Å². The SMILES string of the molecule is Cc1ccc(NOP(C)(=O)Oc2ccc3ncccc3c2)cc1. The predicted molar refractivity (Wildman–Crippen MR) is 91.8 cm³/mol. The number of fused-ring (bicyclic) bond motifs is 1. The van der Waals surface area contributed by atoms with Crippen LogP contribution >= 0.6 is 7.60 Å². The van der Waals surface area contributed by atoms with Crippen LogP contribution in [0, 0.1) is 6.92 Å². The fourth-order valence-corrected chi connectivity index (χ4v) is 2.88. The van der Waals surface area contributed by atoms with E-state index in [1.54, 1.807) is 18.3 Å². The first-order valence-corrected chi connectivity index (χ1v) is 9.14. The third kappa shape index (κ3) is 4.09. The van der Waals surface area contributed by atoms with Crippen LogP contribution in [-0.4, -0.2) is 11.6 Å². The highest BCUT2D eigenvalue weighted by Crippen LogP contribution is 2.44. The van der Waals surface area contributed by atoms with Gasteiger partial charge >= 0.3 is 7.60 Å². The Labute approximate surface area is 134 Å². The Kier molecular flexibility index (Phi) is 4.33. The fraction of sp³-hybridized carbons (Fsp3) is 0.118. The quantitative estimate of drug-likeness (QED) is 0.539. The molecule has 0 spiro atoms. The molecule has 0 saturated heterocycles. The van der Waals surface area contributed by atoms with Crippen molar-refractivity contribution in [3.05, 3.63) is 66.4 Å². The Balaban J connectivity index is 1.69. The number of nitrogens with zero attached hydrogens (tertiary/aromatic N) is 1. The normalized spacial score (nSPS) is 13.5. The highest BCUT2D eigenvalue weighted by Gasteiger charge is 2.19. The first-order chi connectivity index (χ1) is 11.0. The molecule has 5 nitrogen and oxygen atoms in total. The van der Waals surface area contributed by atoms with Crippen molar-refractivity contribution >= 4 is 24.2 Å². The van der Waals surface area contributed by atoms with Gasteiger partial charge in [-0.15, -0.1) is 0 Å². The molecule has 6 heteroatoms. The summed E-state index contributed by atoms with van der Waals surface area (Å²) in [6, 6.07) is 16.6. The van der Waals surface area contributed by atoms with Crippen molar-refractivity contribution in [3.63, 3.8) is 0 Å². The Morgan fingerprint density at radius 3 is 2.65 bits per heavy atom. The van der Waals surface area contributed by atoms with Crippen LogP contribution in [0.2, 0.25) is 0 Å². The molecule has 3 rings (SSSR count). The zero-order chi connectivity index (χ0) is 16.3. The number of hydrogen-bond acceptors (Lipinski definition) is 5. The summed E-state index contributed by atoms with van der Waals surface area (Å²) in [6.45, 7) is 3.41. The van der Waals surface area contributed by atoms with E-state index in [0.29, 0.717) is 11.4 Å². The van der Waals surface area contributed by atoms with Crippen molar-refractivity contribution in [2.45, 2.75) is 6.92 Å². The molecule has 0 amide bonds. The number of pyridine rings is 1. The Morgan fingerprint density at radius 2 is 1.87 bits per heavy atom. The summed E-state index contributed by atoms with van der Waals surface area (Å²) >= 11 is 0. The maximum absolute atomic E-state index is 12.4. The van der Waals surface area contributed by atoms with Gasteiger partial charge in [-0.25, -0.2) is 4.57 Å². The molecule has 0 radical (unpaired) electrons. The number of aryl methyl sites for hydroxylation is 1. The second-order valence-electron chi connectivity index (χ2n) is 5.28. The van der Waals surface area contributed by atoms with Crippen molar-refractivity contribution in [3.8, 4) is 5.75 Å². The Bertz CT molecular complexity index is 865. The Morgan fingerprint density at radius 1 is 1.09 bits per heavy atom. The van der Waals surface area contributed by atoms with E-state index in [1.807, 2.05) is 49.4 Å². The fourth-order valence-electron chi connectivity index (χ4n) is 2.08. The van der Waals surface area contributed by atoms with Crippen molar-refractivity contribution in [1.29, 1.82) is 0 Å². The van der Waals surface area contributed by atoms with Gasteiger partial charge < -0.3 is 4.52 Å². The molecule has 23 heavy (non-hydrogen) atoms. The third-order valence-electron chi connectivity index (χ3n) is 3.23. The summed E-state index contributed by atoms with van der Waals surface area (Å²) in [7, 11) is -3.30. The molecule has 0 aliphatic carbocycles. The molecule has 1 aromatic heterocycles. The summed E-state index contributed by atoms with van der Waals surface area (Å²) in [5, 5.41) is 0.913. The number of hydrogen-bond donors (Lipinski definition) is 1. The summed E-state index contributed by atoms with van der Waals surface area (Å²) in [4.78, 5) is 4.23. The smallest absolute Gasteiger partial charge is 0.397 e. The van der Waals surface area contributed by atoms with Gasteiger partial charge in [0.1, 0.15) is 5.75 Å². The molecule has 1 heterocycles. The van der Waals surface area contributed by atoms with Crippen LogP contribution in [0.5, 0.6) is 5.75 Å². The minimum Gasteiger partial charge on any atom is -0.423 e. The minimum absolute atomic E-state index is 0.474. The highest BCUT2D eigenvalue weighted by molar-refractivity contribution is 7.53. The second-order valence-corrected chi connectivity index (χ2v) is 7.19. The van der Waals surface area contributed by atoms with Crippen molar-refractivity contribution in [1.82, 2.24) is 4.98 Å². The lowest BCUT2D eigenvalue weighted by Crippen LogP contribution is -2.03. The number of benzene rings is 2. The third-order valence-corrected chi connectivity index (χ3v) is 4.19. The first-order valence-electron chi connectivity index (χ1n) is 7.15. The predicted octanol–water partition coefficient (Wildman–Crippen LogP) is 4.79. The topological polar surface area (TPSA) is 60.5 Å². The number of aromatic nitrogens is 1. The van der Waals surface area contributed by atoms with E-state index in [1.165, 1.54) is 6.66 Å². The van der Waals surface area contributed by atoms with E-state index in [4.69, 9.17) is 9.15 Å². The number of anilines is 1. The van der Waals surface area contributed by atoms with E-state index >= 15 is 0 Å². The van der Waals surface area contributed by atoms with Crippen LogP contribution in [0.3, 0.4) is 0 Å². The zero-order valence-electron chi connectivity index (χ0n) is 12.9. The second kappa shape index (κ2) is 6.41. The first kappa shape index (κ1) is 15.5. The van der Waals surface area contributed by atoms with Gasteiger partial charge in [0, 0.05) is 11.6 Å². The minimum atomic E-state index is -3.30. The monoisotopic (exact) mass is 328 g/mol. The van der Waals surface area contributed by atoms with Gasteiger partial charge in [0.05, 0.1) is 17.9 Å². The van der Waals surface area contributed by atoms with Crippen molar-refractivity contribution in [2.24, 2.45) is 0 Å². The average molecular weight is 328 g/mol. The van der Waals surface area contributed by atoms with Crippen molar-refractivity contribution in [2.75, 3.05) is 12.1 Å². The maximum atomic E-state index is 12.4. The zero-order valence-corrected chi connectivity index (χ0v) is 13.8. The van der Waals surface area contributed by atoms with Gasteiger partial charge in [0.2, 0.25) is 0 Å². The molecule has 1 atom stereocenters. The molecular formula is C17H17N2O3P. The lowest BCUT2D eigenvalue weighted by atomic mass is 10.2. The van der Waals surface area contributed by atoms with Gasteiger partial charge in [0.15, 0.2) is 0 Å². The maximum Gasteiger partial charge on any atom is 0.397 e. The molecular weight excluding hydrogens is 311 g/mol. The molecule has 3 aromatic rings. The van der Waals surface area contributed by atoms with Gasteiger partial charge in [0.25, 0.3) is 0 Å². The van der Waals surface area contributed by atoms with E-state index < -0.39 is 7.60 Å². The summed E-state index contributed by atoms with van der Waals surface area (Å²) in [6.07, 6.45) is 1.72. The van der Waals surface area contributed by atoms with Gasteiger partial charge in [-0.2, -0.15) is 4.62 Å². The van der Waals surface area contributed by atoms with E-state index in [0.717, 1.165) is 16.5 Å². The molecule has 0 aliphatic heterocycles. The lowest BCUT2D eigenvalue weighted by Gasteiger charge is -2.16. The Hall–Kier alpha value is -2.36. The van der Waals surface area contributed by atoms with E-state index in [9.17, 15) is 4.57 Å². The molecule has 0 aliphatic rings. The largest absolute Gasteiger partial charge is 0.423 e. The molecule has 0 bridgehead atoms. The van der Waals surface area contributed by atoms with Crippen molar-refractivity contribution < 1.29 is 13.7 Å². The van der Waals surface area contributed by atoms with Crippen LogP contribution in [0.4, 0.5) is 5.69 Å². The van der Waals surface area contributed by atoms with Crippen LogP contribution in [0.1, 0.15) is 5.56 Å². The summed E-state index contributed by atoms with van der Waals surface area (Å²) in [5.74, 6) is 0.474. The number of rotatable bonds is 5. The van der Waals surface area contributed by atoms with Crippen LogP contribution in [-0.2, 0) is 9.19 Å². The van der Waals surface area contributed by atoms with Gasteiger partial charge in [-0.05, 0) is 43.3 Å². The molecule has 2 aromatic carbocycles. The van der Waals surface area contributed by atoms with Crippen LogP contribution in [0.15, 0.2) is 60.8 Å². The van der Waals surface area contributed by atoms with E-state index in [-0.39, 0.29) is 0 Å². The lowest BCUT2D eigenvalue weighted by molar-refractivity contribution is 0.324. The van der Waals surface area contributed by atoms with Gasteiger partial charge in [-0.3, -0.25) is 10.5 Å². The number of nitrogens with one attached hydrogen (secondary N) is 1. The summed E-state index contributed by atoms with van der Waals surface area (Å²) in [5.41, 5.74) is 5.37. The van der Waals surface area contributed by atoms with Crippen LogP contribution in [0.25, 0.3) is 10.9 Å². The standard InChI is InChI=1S/C17H17N2O3P/c1-13-5-7-15(8-6-13)19-22-23(2,20)21-16-9-10-17-14(12-16)4-3-11-18-17/h3-12,19H,1-2H3. The summed E-state index contributed by atoms with van der Waals surface area (Å²) < 4.78 is 23.2. The highest BCUT2D eigenvalue weighted by atomic mass is 31.2. The molecule has 0 saturated carbocycles. The molecule has 0 fully saturated rings. The molecule has 118 valence electrons. The average Bonchev–Trinajstić information content (AvgIpc) is 2.54. The molecule has 1 unspecified atom stereocenters. The molecule has 1 N–H and O–H groups in total. The van der Waals surface area contributed by atoms with Crippen LogP contribution < -0.4 is 10.0 Å². The van der Waals surface area contributed by atoms with E-state index in [2.05, 4.69) is 10.5 Å².